The largest absolute Gasteiger partial charge is 0.381 e. The van der Waals surface area contributed by atoms with Gasteiger partial charge in [0.1, 0.15) is 16.2 Å². The number of carbonyl (C=O) groups excluding carboxylic acids is 1. The summed E-state index contributed by atoms with van der Waals surface area (Å²) in [5.41, 5.74) is 1.70. The topological polar surface area (TPSA) is 77.0 Å². The van der Waals surface area contributed by atoms with Crippen molar-refractivity contribution in [2.45, 2.75) is 39.2 Å². The van der Waals surface area contributed by atoms with E-state index in [2.05, 4.69) is 20.3 Å². The highest BCUT2D eigenvalue weighted by atomic mass is 32.1. The lowest BCUT2D eigenvalue weighted by molar-refractivity contribution is 0.0968. The number of ketones is 1. The summed E-state index contributed by atoms with van der Waals surface area (Å²) in [6, 6.07) is 6.16. The van der Waals surface area contributed by atoms with Gasteiger partial charge in [-0.05, 0) is 50.3 Å². The fraction of sp³-hybridized carbons (Fsp3) is 0.429. The highest BCUT2D eigenvalue weighted by Crippen LogP contribution is 2.28. The molecule has 1 aliphatic heterocycles. The van der Waals surface area contributed by atoms with E-state index < -0.39 is 0 Å². The van der Waals surface area contributed by atoms with E-state index in [9.17, 15) is 9.18 Å². The average Bonchev–Trinajstić information content (AvgIpc) is 3.34. The van der Waals surface area contributed by atoms with Gasteiger partial charge in [-0.25, -0.2) is 14.4 Å². The summed E-state index contributed by atoms with van der Waals surface area (Å²) in [5, 5.41) is 4.02. The average molecular weight is 415 g/mol. The molecular formula is C21H23FN4O2S. The standard InChI is InChI=1S/C21H23FN4O2S/c1-12(15-4-3-5-16(22)10-15)23-21-25-18(19-20(26-21)24-13(2)29-19)17(27)7-6-14-8-9-28-11-14/h3-5,10,12,14H,6-9,11H2,1-2H3,(H,23,25,26)/t12-,14-/m0/s1. The number of thiazole rings is 1. The van der Waals surface area contributed by atoms with Crippen LogP contribution in [0.3, 0.4) is 0 Å². The Hall–Kier alpha value is -2.45. The molecule has 0 amide bonds. The molecule has 8 heteroatoms. The van der Waals surface area contributed by atoms with Crippen LogP contribution in [0.1, 0.15) is 53.3 Å². The fourth-order valence-electron chi connectivity index (χ4n) is 3.50. The predicted octanol–water partition coefficient (Wildman–Crippen LogP) is 4.71. The molecular weight excluding hydrogens is 391 g/mol. The van der Waals surface area contributed by atoms with Crippen LogP contribution in [0.4, 0.5) is 10.3 Å². The third-order valence-electron chi connectivity index (χ3n) is 5.12. The summed E-state index contributed by atoms with van der Waals surface area (Å²) >= 11 is 1.43. The number of hydrogen-bond acceptors (Lipinski definition) is 7. The molecule has 29 heavy (non-hydrogen) atoms. The SMILES string of the molecule is Cc1nc2nc(N[C@@H](C)c3cccc(F)c3)nc(C(=O)CC[C@H]3CCOC3)c2s1. The Morgan fingerprint density at radius 3 is 3.00 bits per heavy atom. The molecule has 1 aromatic carbocycles. The van der Waals surface area contributed by atoms with Crippen LogP contribution >= 0.6 is 11.3 Å². The first-order valence-corrected chi connectivity index (χ1v) is 10.6. The Labute approximate surface area is 172 Å². The normalized spacial score (nSPS) is 17.6. The molecule has 0 unspecified atom stereocenters. The van der Waals surface area contributed by atoms with Gasteiger partial charge in [0, 0.05) is 19.6 Å². The van der Waals surface area contributed by atoms with Crippen LogP contribution in [-0.2, 0) is 4.74 Å². The Morgan fingerprint density at radius 2 is 2.24 bits per heavy atom. The highest BCUT2D eigenvalue weighted by molar-refractivity contribution is 7.18. The van der Waals surface area contributed by atoms with Crippen LogP contribution in [0.15, 0.2) is 24.3 Å². The Morgan fingerprint density at radius 1 is 1.38 bits per heavy atom. The van der Waals surface area contributed by atoms with Gasteiger partial charge in [0.25, 0.3) is 0 Å². The second kappa shape index (κ2) is 8.51. The number of hydrogen-bond donors (Lipinski definition) is 1. The van der Waals surface area contributed by atoms with E-state index in [0.29, 0.717) is 29.6 Å². The summed E-state index contributed by atoms with van der Waals surface area (Å²) in [6.45, 7) is 5.29. The lowest BCUT2D eigenvalue weighted by Gasteiger charge is -2.15. The van der Waals surface area contributed by atoms with Crippen LogP contribution < -0.4 is 5.32 Å². The fourth-order valence-corrected chi connectivity index (χ4v) is 4.37. The summed E-state index contributed by atoms with van der Waals surface area (Å²) in [4.78, 5) is 26.4. The van der Waals surface area contributed by atoms with Crippen molar-refractivity contribution in [2.75, 3.05) is 18.5 Å². The molecule has 0 radical (unpaired) electrons. The molecule has 1 N–H and O–H groups in total. The van der Waals surface area contributed by atoms with Crippen molar-refractivity contribution in [3.63, 3.8) is 0 Å². The number of carbonyl (C=O) groups is 1. The van der Waals surface area contributed by atoms with Crippen LogP contribution in [-0.4, -0.2) is 33.9 Å². The van der Waals surface area contributed by atoms with Crippen LogP contribution in [0.25, 0.3) is 10.3 Å². The van der Waals surface area contributed by atoms with E-state index in [-0.39, 0.29) is 17.6 Å². The lowest BCUT2D eigenvalue weighted by atomic mass is 10.00. The van der Waals surface area contributed by atoms with Gasteiger partial charge in [-0.15, -0.1) is 11.3 Å². The van der Waals surface area contributed by atoms with Crippen molar-refractivity contribution in [3.05, 3.63) is 46.3 Å². The minimum Gasteiger partial charge on any atom is -0.381 e. The molecule has 0 aliphatic carbocycles. The zero-order chi connectivity index (χ0) is 20.4. The van der Waals surface area contributed by atoms with Crippen LogP contribution in [0, 0.1) is 18.7 Å². The van der Waals surface area contributed by atoms with Gasteiger partial charge in [0.2, 0.25) is 5.95 Å². The maximum Gasteiger partial charge on any atom is 0.225 e. The number of rotatable bonds is 7. The van der Waals surface area contributed by atoms with Gasteiger partial charge < -0.3 is 10.1 Å². The first-order valence-electron chi connectivity index (χ1n) is 9.77. The van der Waals surface area contributed by atoms with Gasteiger partial charge >= 0.3 is 0 Å². The van der Waals surface area contributed by atoms with Gasteiger partial charge in [-0.2, -0.15) is 4.98 Å². The molecule has 4 rings (SSSR count). The Balaban J connectivity index is 1.58. The molecule has 6 nitrogen and oxygen atoms in total. The number of aryl methyl sites for hydroxylation is 1. The second-order valence-electron chi connectivity index (χ2n) is 7.39. The second-order valence-corrected chi connectivity index (χ2v) is 8.60. The first kappa shape index (κ1) is 19.8. The molecule has 2 atom stereocenters. The molecule has 2 aromatic heterocycles. The number of anilines is 1. The first-order chi connectivity index (χ1) is 14.0. The molecule has 0 saturated carbocycles. The number of fused-ring (bicyclic) bond motifs is 1. The van der Waals surface area contributed by atoms with Crippen molar-refractivity contribution in [1.29, 1.82) is 0 Å². The molecule has 1 aliphatic rings. The van der Waals surface area contributed by atoms with E-state index >= 15 is 0 Å². The number of nitrogens with one attached hydrogen (secondary N) is 1. The van der Waals surface area contributed by atoms with Crippen LogP contribution in [0.2, 0.25) is 0 Å². The van der Waals surface area contributed by atoms with E-state index in [1.54, 1.807) is 6.07 Å². The lowest BCUT2D eigenvalue weighted by Crippen LogP contribution is -2.13. The van der Waals surface area contributed by atoms with Crippen molar-refractivity contribution in [2.24, 2.45) is 5.92 Å². The molecule has 0 bridgehead atoms. The molecule has 0 spiro atoms. The minimum atomic E-state index is -0.297. The summed E-state index contributed by atoms with van der Waals surface area (Å²) in [6.07, 6.45) is 2.23. The van der Waals surface area contributed by atoms with E-state index in [0.717, 1.165) is 41.3 Å². The highest BCUT2D eigenvalue weighted by Gasteiger charge is 2.22. The minimum absolute atomic E-state index is 0.00518. The van der Waals surface area contributed by atoms with Crippen molar-refractivity contribution in [1.82, 2.24) is 15.0 Å². The third-order valence-corrected chi connectivity index (χ3v) is 6.09. The molecule has 3 aromatic rings. The maximum atomic E-state index is 13.5. The number of Topliss-reactive ketones (excluding diaryl/α,β-unsaturated/α-hetero) is 1. The number of ether oxygens (including phenoxy) is 1. The van der Waals surface area contributed by atoms with Gasteiger partial charge in [-0.3, -0.25) is 4.79 Å². The Bertz CT molecular complexity index is 1030. The molecule has 1 saturated heterocycles. The molecule has 152 valence electrons. The number of benzene rings is 1. The van der Waals surface area contributed by atoms with E-state index in [4.69, 9.17) is 4.74 Å². The maximum absolute atomic E-state index is 13.5. The summed E-state index contributed by atoms with van der Waals surface area (Å²) in [5.74, 6) is 0.459. The zero-order valence-corrected chi connectivity index (χ0v) is 17.3. The van der Waals surface area contributed by atoms with E-state index in [1.807, 2.05) is 19.9 Å². The quantitative estimate of drug-likeness (QED) is 0.565. The van der Waals surface area contributed by atoms with Gasteiger partial charge in [0.15, 0.2) is 11.4 Å². The van der Waals surface area contributed by atoms with Gasteiger partial charge in [-0.1, -0.05) is 12.1 Å². The monoisotopic (exact) mass is 414 g/mol. The molecule has 1 fully saturated rings. The number of halogens is 1. The van der Waals surface area contributed by atoms with E-state index in [1.165, 1.54) is 23.5 Å². The summed E-state index contributed by atoms with van der Waals surface area (Å²) in [7, 11) is 0. The Kier molecular flexibility index (Phi) is 5.82. The third kappa shape index (κ3) is 4.59. The van der Waals surface area contributed by atoms with Crippen molar-refractivity contribution >= 4 is 33.4 Å². The zero-order valence-electron chi connectivity index (χ0n) is 16.4. The van der Waals surface area contributed by atoms with Crippen molar-refractivity contribution in [3.8, 4) is 0 Å². The predicted molar refractivity (Wildman–Crippen MR) is 111 cm³/mol. The van der Waals surface area contributed by atoms with Crippen molar-refractivity contribution < 1.29 is 13.9 Å². The smallest absolute Gasteiger partial charge is 0.225 e. The van der Waals surface area contributed by atoms with Gasteiger partial charge in [0.05, 0.1) is 11.0 Å². The molecule has 3 heterocycles. The number of nitrogens with zero attached hydrogens (tertiary/aromatic N) is 3. The summed E-state index contributed by atoms with van der Waals surface area (Å²) < 4.78 is 19.7. The van der Waals surface area contributed by atoms with Crippen LogP contribution in [0.5, 0.6) is 0 Å². The number of aromatic nitrogens is 3.